The Morgan fingerprint density at radius 2 is 1.71 bits per heavy atom. The molecule has 9 heteroatoms. The van der Waals surface area contributed by atoms with Gasteiger partial charge in [0.1, 0.15) is 0 Å². The lowest BCUT2D eigenvalue weighted by Crippen LogP contribution is -2.50. The predicted octanol–water partition coefficient (Wildman–Crippen LogP) is 5.98. The lowest BCUT2D eigenvalue weighted by atomic mass is 9.81. The van der Waals surface area contributed by atoms with E-state index in [1.807, 2.05) is 30.3 Å². The van der Waals surface area contributed by atoms with Crippen molar-refractivity contribution in [1.82, 2.24) is 4.90 Å². The van der Waals surface area contributed by atoms with E-state index in [-0.39, 0.29) is 29.7 Å². The fourth-order valence-electron chi connectivity index (χ4n) is 5.23. The summed E-state index contributed by atoms with van der Waals surface area (Å²) in [4.78, 5) is 4.79. The van der Waals surface area contributed by atoms with Gasteiger partial charge >= 0.3 is 6.18 Å². The van der Waals surface area contributed by atoms with Crippen LogP contribution in [0.25, 0.3) is 0 Å². The van der Waals surface area contributed by atoms with Gasteiger partial charge in [-0.1, -0.05) is 35.9 Å². The van der Waals surface area contributed by atoms with Crippen molar-refractivity contribution in [2.45, 2.75) is 42.8 Å². The van der Waals surface area contributed by atoms with Crippen molar-refractivity contribution in [2.75, 3.05) is 37.3 Å². The molecular formula is C25H30ClF3N2O2S. The smallest absolute Gasteiger partial charge is 0.368 e. The van der Waals surface area contributed by atoms with Gasteiger partial charge in [-0.05, 0) is 61.4 Å². The first kappa shape index (κ1) is 25.3. The normalized spacial score (nSPS) is 24.9. The van der Waals surface area contributed by atoms with E-state index in [1.165, 1.54) is 6.26 Å². The fourth-order valence-corrected chi connectivity index (χ4v) is 6.15. The Bertz CT molecular complexity index is 1100. The second-order valence-corrected chi connectivity index (χ2v) is 11.9. The molecule has 2 aromatic rings. The van der Waals surface area contributed by atoms with Gasteiger partial charge in [-0.2, -0.15) is 13.2 Å². The van der Waals surface area contributed by atoms with E-state index in [1.54, 1.807) is 18.2 Å². The van der Waals surface area contributed by atoms with Crippen LogP contribution >= 0.6 is 11.6 Å². The number of hydrogen-bond donors (Lipinski definition) is 0. The van der Waals surface area contributed by atoms with Crippen LogP contribution in [-0.4, -0.2) is 51.9 Å². The molecule has 4 nitrogen and oxygen atoms in total. The third kappa shape index (κ3) is 5.89. The van der Waals surface area contributed by atoms with Crippen molar-refractivity contribution in [3.05, 3.63) is 59.1 Å². The molecule has 0 amide bonds. The number of anilines is 1. The summed E-state index contributed by atoms with van der Waals surface area (Å²) in [5, 5.41) is 0.657. The maximum Gasteiger partial charge on any atom is 0.391 e. The van der Waals surface area contributed by atoms with Crippen LogP contribution < -0.4 is 4.90 Å². The first-order chi connectivity index (χ1) is 16.0. The van der Waals surface area contributed by atoms with Gasteiger partial charge in [-0.15, -0.1) is 0 Å². The van der Waals surface area contributed by atoms with Gasteiger partial charge in [0, 0.05) is 43.1 Å². The number of halogens is 4. The Labute approximate surface area is 204 Å². The van der Waals surface area contributed by atoms with Crippen molar-refractivity contribution < 1.29 is 21.6 Å². The third-order valence-corrected chi connectivity index (χ3v) is 8.62. The lowest BCUT2D eigenvalue weighted by molar-refractivity contribution is -0.184. The highest BCUT2D eigenvalue weighted by Crippen LogP contribution is 2.41. The van der Waals surface area contributed by atoms with Crippen molar-refractivity contribution >= 4 is 27.1 Å². The van der Waals surface area contributed by atoms with Crippen molar-refractivity contribution in [1.29, 1.82) is 0 Å². The average Bonchev–Trinajstić information content (AvgIpc) is 2.79. The molecule has 4 rings (SSSR count). The van der Waals surface area contributed by atoms with E-state index in [0.29, 0.717) is 31.0 Å². The Morgan fingerprint density at radius 1 is 1.00 bits per heavy atom. The summed E-state index contributed by atoms with van der Waals surface area (Å²) in [5.41, 5.74) is 1.82. The van der Waals surface area contributed by atoms with Crippen LogP contribution in [-0.2, 0) is 9.84 Å². The van der Waals surface area contributed by atoms with Crippen LogP contribution in [0.1, 0.15) is 37.3 Å². The monoisotopic (exact) mass is 514 g/mol. The molecule has 186 valence electrons. The molecule has 0 N–H and O–H groups in total. The number of sulfone groups is 1. The Balaban J connectivity index is 1.53. The summed E-state index contributed by atoms with van der Waals surface area (Å²) in [7, 11) is -3.32. The minimum absolute atomic E-state index is 0.0373. The number of hydrogen-bond acceptors (Lipinski definition) is 4. The van der Waals surface area contributed by atoms with Gasteiger partial charge in [0.2, 0.25) is 0 Å². The Kier molecular flexibility index (Phi) is 7.50. The van der Waals surface area contributed by atoms with Gasteiger partial charge in [-0.3, -0.25) is 4.90 Å². The number of benzene rings is 2. The van der Waals surface area contributed by atoms with E-state index >= 15 is 0 Å². The molecule has 0 spiro atoms. The maximum atomic E-state index is 13.1. The number of alkyl halides is 3. The second-order valence-electron chi connectivity index (χ2n) is 9.51. The Morgan fingerprint density at radius 3 is 2.35 bits per heavy atom. The summed E-state index contributed by atoms with van der Waals surface area (Å²) < 4.78 is 63.4. The summed E-state index contributed by atoms with van der Waals surface area (Å²) in [6.07, 6.45) is -1.35. The van der Waals surface area contributed by atoms with Gasteiger partial charge in [0.15, 0.2) is 9.84 Å². The van der Waals surface area contributed by atoms with Crippen molar-refractivity contribution in [3.8, 4) is 0 Å². The lowest BCUT2D eigenvalue weighted by Gasteiger charge is -2.45. The predicted molar refractivity (Wildman–Crippen MR) is 129 cm³/mol. The highest BCUT2D eigenvalue weighted by Gasteiger charge is 2.42. The van der Waals surface area contributed by atoms with Crippen LogP contribution in [0.4, 0.5) is 18.9 Å². The summed E-state index contributed by atoms with van der Waals surface area (Å²) in [5.74, 6) is -0.953. The largest absolute Gasteiger partial charge is 0.391 e. The molecule has 34 heavy (non-hydrogen) atoms. The van der Waals surface area contributed by atoms with Gasteiger partial charge in [-0.25, -0.2) is 8.42 Å². The first-order valence-electron chi connectivity index (χ1n) is 11.6. The SMILES string of the molecule is CS(=O)(=O)c1cccc(N2CCN(CC3CCC(C(F)(F)F)CC3)C(c3ccccc3Cl)C2)c1. The first-order valence-corrected chi connectivity index (χ1v) is 13.9. The van der Waals surface area contributed by atoms with Gasteiger partial charge < -0.3 is 4.90 Å². The van der Waals surface area contributed by atoms with E-state index < -0.39 is 21.9 Å². The minimum Gasteiger partial charge on any atom is -0.368 e. The molecule has 2 aliphatic rings. The second kappa shape index (κ2) is 10.1. The van der Waals surface area contributed by atoms with Crippen LogP contribution in [0.2, 0.25) is 5.02 Å². The van der Waals surface area contributed by atoms with Crippen molar-refractivity contribution in [3.63, 3.8) is 0 Å². The zero-order valence-corrected chi connectivity index (χ0v) is 20.7. The molecule has 1 saturated carbocycles. The van der Waals surface area contributed by atoms with E-state index in [2.05, 4.69) is 9.80 Å². The van der Waals surface area contributed by atoms with Gasteiger partial charge in [0.05, 0.1) is 16.9 Å². The molecule has 1 aliphatic heterocycles. The minimum atomic E-state index is -4.10. The summed E-state index contributed by atoms with van der Waals surface area (Å²) in [6, 6.07) is 14.6. The Hall–Kier alpha value is -1.77. The highest BCUT2D eigenvalue weighted by molar-refractivity contribution is 7.90. The molecule has 1 unspecified atom stereocenters. The van der Waals surface area contributed by atoms with E-state index in [0.717, 1.165) is 24.3 Å². The summed E-state index contributed by atoms with van der Waals surface area (Å²) in [6.45, 7) is 2.77. The molecule has 1 aliphatic carbocycles. The maximum absolute atomic E-state index is 13.1. The third-order valence-electron chi connectivity index (χ3n) is 7.17. The molecule has 2 fully saturated rings. The zero-order chi connectivity index (χ0) is 24.5. The zero-order valence-electron chi connectivity index (χ0n) is 19.1. The standard InChI is InChI=1S/C25H30ClF3N2O2S/c1-34(32,33)21-6-4-5-20(15-21)30-13-14-31(24(17-30)22-7-2-3-8-23(22)26)16-18-9-11-19(12-10-18)25(27,28)29/h2-8,15,18-19,24H,9-14,16-17H2,1H3. The molecule has 1 heterocycles. The van der Waals surface area contributed by atoms with Gasteiger partial charge in [0.25, 0.3) is 0 Å². The molecule has 0 bridgehead atoms. The molecule has 0 aromatic heterocycles. The van der Waals surface area contributed by atoms with Crippen LogP contribution in [0.5, 0.6) is 0 Å². The number of piperazine rings is 1. The van der Waals surface area contributed by atoms with Crippen molar-refractivity contribution in [2.24, 2.45) is 11.8 Å². The van der Waals surface area contributed by atoms with E-state index in [4.69, 9.17) is 11.6 Å². The van der Waals surface area contributed by atoms with Crippen LogP contribution in [0, 0.1) is 11.8 Å². The summed E-state index contributed by atoms with van der Waals surface area (Å²) >= 11 is 6.56. The molecule has 2 aromatic carbocycles. The highest BCUT2D eigenvalue weighted by atomic mass is 35.5. The topological polar surface area (TPSA) is 40.6 Å². The fraction of sp³-hybridized carbons (Fsp3) is 0.520. The molecule has 1 atom stereocenters. The van der Waals surface area contributed by atoms with E-state index in [9.17, 15) is 21.6 Å². The average molecular weight is 515 g/mol. The van der Waals surface area contributed by atoms with Crippen LogP contribution in [0.15, 0.2) is 53.4 Å². The van der Waals surface area contributed by atoms with Crippen LogP contribution in [0.3, 0.4) is 0 Å². The molecule has 1 saturated heterocycles. The quantitative estimate of drug-likeness (QED) is 0.492. The number of rotatable bonds is 5. The molecular weight excluding hydrogens is 485 g/mol. The molecule has 0 radical (unpaired) electrons. The number of nitrogens with zero attached hydrogens (tertiary/aromatic N) is 2.